The third kappa shape index (κ3) is 4.04. The standard InChI is InChI=1S/C10H19N3O4S/c1-3-4-7-13(2)18(16,17)12-8-5-6-9(14)11-10(8)15/h8,12H,3-7H2,1-2H3,(H,11,14,15). The highest BCUT2D eigenvalue weighted by Gasteiger charge is 2.31. The zero-order valence-corrected chi connectivity index (χ0v) is 11.4. The Morgan fingerprint density at radius 1 is 1.44 bits per heavy atom. The van der Waals surface area contributed by atoms with Crippen LogP contribution in [-0.2, 0) is 19.8 Å². The minimum absolute atomic E-state index is 0.150. The second-order valence-corrected chi connectivity index (χ2v) is 6.11. The molecular weight excluding hydrogens is 258 g/mol. The topological polar surface area (TPSA) is 95.6 Å². The zero-order valence-electron chi connectivity index (χ0n) is 10.6. The summed E-state index contributed by atoms with van der Waals surface area (Å²) in [5, 5.41) is 2.11. The molecule has 0 aliphatic carbocycles. The molecule has 0 spiro atoms. The molecule has 104 valence electrons. The summed E-state index contributed by atoms with van der Waals surface area (Å²) in [6.45, 7) is 2.37. The molecule has 1 saturated heterocycles. The van der Waals surface area contributed by atoms with Gasteiger partial charge in [0.05, 0.1) is 0 Å². The number of carbonyl (C=O) groups is 2. The van der Waals surface area contributed by atoms with Crippen molar-refractivity contribution in [1.82, 2.24) is 14.3 Å². The van der Waals surface area contributed by atoms with Gasteiger partial charge in [0.15, 0.2) is 0 Å². The minimum Gasteiger partial charge on any atom is -0.295 e. The Hall–Kier alpha value is -0.990. The summed E-state index contributed by atoms with van der Waals surface area (Å²) in [4.78, 5) is 22.4. The van der Waals surface area contributed by atoms with E-state index in [0.29, 0.717) is 6.54 Å². The van der Waals surface area contributed by atoms with Crippen LogP contribution >= 0.6 is 0 Å². The maximum absolute atomic E-state index is 11.9. The number of amides is 2. The molecule has 1 heterocycles. The lowest BCUT2D eigenvalue weighted by Crippen LogP contribution is -2.54. The molecule has 1 rings (SSSR count). The highest BCUT2D eigenvalue weighted by molar-refractivity contribution is 7.87. The van der Waals surface area contributed by atoms with Crippen molar-refractivity contribution in [3.8, 4) is 0 Å². The van der Waals surface area contributed by atoms with Crippen LogP contribution in [0.2, 0.25) is 0 Å². The zero-order chi connectivity index (χ0) is 13.8. The molecule has 2 N–H and O–H groups in total. The number of unbranched alkanes of at least 4 members (excludes halogenated alkanes) is 1. The fraction of sp³-hybridized carbons (Fsp3) is 0.800. The molecule has 1 unspecified atom stereocenters. The SMILES string of the molecule is CCCCN(C)S(=O)(=O)NC1CCC(=O)NC1=O. The summed E-state index contributed by atoms with van der Waals surface area (Å²) < 4.78 is 27.3. The normalized spacial score (nSPS) is 21.2. The highest BCUT2D eigenvalue weighted by atomic mass is 32.2. The van der Waals surface area contributed by atoms with Crippen LogP contribution in [0.1, 0.15) is 32.6 Å². The van der Waals surface area contributed by atoms with Crippen LogP contribution in [0.4, 0.5) is 0 Å². The quantitative estimate of drug-likeness (QED) is 0.631. The smallest absolute Gasteiger partial charge is 0.279 e. The number of nitrogens with zero attached hydrogens (tertiary/aromatic N) is 1. The van der Waals surface area contributed by atoms with Crippen molar-refractivity contribution in [2.45, 2.75) is 38.6 Å². The number of nitrogens with one attached hydrogen (secondary N) is 2. The number of rotatable bonds is 6. The number of carbonyl (C=O) groups excluding carboxylic acids is 2. The van der Waals surface area contributed by atoms with Crippen LogP contribution < -0.4 is 10.0 Å². The van der Waals surface area contributed by atoms with E-state index in [9.17, 15) is 18.0 Å². The van der Waals surface area contributed by atoms with Crippen molar-refractivity contribution < 1.29 is 18.0 Å². The second kappa shape index (κ2) is 6.26. The third-order valence-electron chi connectivity index (χ3n) is 2.77. The molecule has 2 amide bonds. The monoisotopic (exact) mass is 277 g/mol. The Labute approximate surface area is 107 Å². The first-order chi connectivity index (χ1) is 8.36. The Kier molecular flexibility index (Phi) is 5.24. The van der Waals surface area contributed by atoms with Gasteiger partial charge in [0.1, 0.15) is 6.04 Å². The van der Waals surface area contributed by atoms with Crippen LogP contribution in [0, 0.1) is 0 Å². The minimum atomic E-state index is -3.67. The van der Waals surface area contributed by atoms with Gasteiger partial charge in [-0.3, -0.25) is 14.9 Å². The van der Waals surface area contributed by atoms with E-state index in [2.05, 4.69) is 10.0 Å². The summed E-state index contributed by atoms with van der Waals surface area (Å²) in [6.07, 6.45) is 1.99. The van der Waals surface area contributed by atoms with E-state index in [4.69, 9.17) is 0 Å². The molecule has 0 aromatic heterocycles. The van der Waals surface area contributed by atoms with E-state index in [1.807, 2.05) is 6.92 Å². The maximum atomic E-state index is 11.9. The first kappa shape index (κ1) is 15.1. The van der Waals surface area contributed by atoms with Crippen molar-refractivity contribution in [1.29, 1.82) is 0 Å². The van der Waals surface area contributed by atoms with E-state index in [1.165, 1.54) is 11.4 Å². The summed E-state index contributed by atoms with van der Waals surface area (Å²) >= 11 is 0. The Morgan fingerprint density at radius 3 is 2.67 bits per heavy atom. The number of hydrogen-bond donors (Lipinski definition) is 2. The fourth-order valence-electron chi connectivity index (χ4n) is 1.58. The lowest BCUT2D eigenvalue weighted by molar-refractivity contribution is -0.134. The Balaban J connectivity index is 2.60. The van der Waals surface area contributed by atoms with Crippen LogP contribution in [0.25, 0.3) is 0 Å². The highest BCUT2D eigenvalue weighted by Crippen LogP contribution is 2.07. The van der Waals surface area contributed by atoms with Crippen LogP contribution in [0.3, 0.4) is 0 Å². The molecule has 1 fully saturated rings. The summed E-state index contributed by atoms with van der Waals surface area (Å²) in [5.41, 5.74) is 0. The van der Waals surface area contributed by atoms with Crippen LogP contribution in [0.15, 0.2) is 0 Å². The van der Waals surface area contributed by atoms with Gasteiger partial charge in [-0.25, -0.2) is 0 Å². The van der Waals surface area contributed by atoms with Gasteiger partial charge in [0.25, 0.3) is 10.2 Å². The molecule has 1 atom stereocenters. The van der Waals surface area contributed by atoms with Gasteiger partial charge in [0, 0.05) is 20.0 Å². The molecule has 0 saturated carbocycles. The molecule has 1 aliphatic heterocycles. The number of imide groups is 1. The molecule has 0 bridgehead atoms. The average molecular weight is 277 g/mol. The van der Waals surface area contributed by atoms with Crippen molar-refractivity contribution in [3.05, 3.63) is 0 Å². The lowest BCUT2D eigenvalue weighted by atomic mass is 10.1. The van der Waals surface area contributed by atoms with E-state index >= 15 is 0 Å². The summed E-state index contributed by atoms with van der Waals surface area (Å²) in [6, 6.07) is -0.864. The van der Waals surface area contributed by atoms with Gasteiger partial charge in [0.2, 0.25) is 11.8 Å². The van der Waals surface area contributed by atoms with Crippen LogP contribution in [-0.4, -0.2) is 44.2 Å². The van der Waals surface area contributed by atoms with Crippen LogP contribution in [0.5, 0.6) is 0 Å². The summed E-state index contributed by atoms with van der Waals surface area (Å²) in [5.74, 6) is -0.950. The van der Waals surface area contributed by atoms with E-state index in [-0.39, 0.29) is 18.7 Å². The van der Waals surface area contributed by atoms with Gasteiger partial charge >= 0.3 is 0 Å². The number of piperidine rings is 1. The summed E-state index contributed by atoms with van der Waals surface area (Å²) in [7, 11) is -2.21. The second-order valence-electron chi connectivity index (χ2n) is 4.30. The largest absolute Gasteiger partial charge is 0.295 e. The maximum Gasteiger partial charge on any atom is 0.279 e. The van der Waals surface area contributed by atoms with E-state index in [1.54, 1.807) is 0 Å². The van der Waals surface area contributed by atoms with Crippen molar-refractivity contribution in [3.63, 3.8) is 0 Å². The third-order valence-corrected chi connectivity index (χ3v) is 4.35. The average Bonchev–Trinajstić information content (AvgIpc) is 2.29. The molecule has 7 nitrogen and oxygen atoms in total. The molecule has 0 aromatic carbocycles. The van der Waals surface area contributed by atoms with Gasteiger partial charge in [-0.1, -0.05) is 13.3 Å². The molecular formula is C10H19N3O4S. The molecule has 0 radical (unpaired) electrons. The Morgan fingerprint density at radius 2 is 2.11 bits per heavy atom. The van der Waals surface area contributed by atoms with E-state index < -0.39 is 22.2 Å². The fourth-order valence-corrected chi connectivity index (χ4v) is 2.71. The van der Waals surface area contributed by atoms with Crippen molar-refractivity contribution in [2.75, 3.05) is 13.6 Å². The predicted molar refractivity (Wildman–Crippen MR) is 65.8 cm³/mol. The first-order valence-corrected chi connectivity index (χ1v) is 7.38. The molecule has 1 aliphatic rings. The predicted octanol–water partition coefficient (Wildman–Crippen LogP) is -0.642. The molecule has 18 heavy (non-hydrogen) atoms. The van der Waals surface area contributed by atoms with Crippen molar-refractivity contribution in [2.24, 2.45) is 0 Å². The molecule has 0 aromatic rings. The van der Waals surface area contributed by atoms with Gasteiger partial charge in [-0.15, -0.1) is 0 Å². The number of hydrogen-bond acceptors (Lipinski definition) is 4. The van der Waals surface area contributed by atoms with Gasteiger partial charge in [-0.2, -0.15) is 17.4 Å². The van der Waals surface area contributed by atoms with Gasteiger partial charge < -0.3 is 0 Å². The first-order valence-electron chi connectivity index (χ1n) is 5.94. The van der Waals surface area contributed by atoms with Crippen molar-refractivity contribution >= 4 is 22.0 Å². The molecule has 8 heteroatoms. The van der Waals surface area contributed by atoms with Gasteiger partial charge in [-0.05, 0) is 12.8 Å². The lowest BCUT2D eigenvalue weighted by Gasteiger charge is -2.24. The Bertz CT molecular complexity index is 421. The van der Waals surface area contributed by atoms with E-state index in [0.717, 1.165) is 12.8 Å².